The van der Waals surface area contributed by atoms with Crippen molar-refractivity contribution in [3.63, 3.8) is 0 Å². The minimum absolute atomic E-state index is 0.0632. The van der Waals surface area contributed by atoms with Crippen molar-refractivity contribution in [1.82, 2.24) is 14.7 Å². The van der Waals surface area contributed by atoms with Crippen LogP contribution in [0.1, 0.15) is 5.76 Å². The number of hydrogen-bond acceptors (Lipinski definition) is 6. The predicted molar refractivity (Wildman–Crippen MR) is 94.3 cm³/mol. The maximum atomic E-state index is 11.8. The summed E-state index contributed by atoms with van der Waals surface area (Å²) in [5.74, 6) is 1.65. The Kier molecular flexibility index (Phi) is 5.47. The van der Waals surface area contributed by atoms with E-state index < -0.39 is 0 Å². The van der Waals surface area contributed by atoms with Gasteiger partial charge in [-0.05, 0) is 35.8 Å². The molecule has 23 heavy (non-hydrogen) atoms. The van der Waals surface area contributed by atoms with E-state index in [1.165, 1.54) is 23.3 Å². The van der Waals surface area contributed by atoms with Crippen LogP contribution in [0.3, 0.4) is 0 Å². The largest absolute Gasteiger partial charge is 0.467 e. The van der Waals surface area contributed by atoms with Crippen LogP contribution in [0.2, 0.25) is 0 Å². The number of hydrogen-bond donors (Lipinski definition) is 1. The lowest BCUT2D eigenvalue weighted by Crippen LogP contribution is -2.24. The van der Waals surface area contributed by atoms with Gasteiger partial charge < -0.3 is 9.73 Å². The van der Waals surface area contributed by atoms with E-state index >= 15 is 0 Å². The van der Waals surface area contributed by atoms with E-state index in [0.29, 0.717) is 18.1 Å². The third-order valence-electron chi connectivity index (χ3n) is 2.88. The second-order valence-corrected chi connectivity index (χ2v) is 7.43. The number of benzene rings is 1. The van der Waals surface area contributed by atoms with Gasteiger partial charge in [-0.25, -0.2) is 4.98 Å². The lowest BCUT2D eigenvalue weighted by molar-refractivity contribution is -0.118. The number of nitrogens with one attached hydrogen (secondary N) is 1. The van der Waals surface area contributed by atoms with Gasteiger partial charge in [0, 0.05) is 10.0 Å². The lowest BCUT2D eigenvalue weighted by atomic mass is 10.2. The number of furan rings is 1. The van der Waals surface area contributed by atoms with E-state index in [9.17, 15) is 4.79 Å². The molecule has 0 saturated heterocycles. The summed E-state index contributed by atoms with van der Waals surface area (Å²) in [6.07, 6.45) is 1.58. The first-order chi connectivity index (χ1) is 11.2. The Morgan fingerprint density at radius 1 is 1.30 bits per heavy atom. The summed E-state index contributed by atoms with van der Waals surface area (Å²) in [6, 6.07) is 11.4. The Bertz CT molecular complexity index is 772. The fraction of sp³-hybridized carbons (Fsp3) is 0.133. The molecule has 1 aromatic carbocycles. The smallest absolute Gasteiger partial charge is 0.230 e. The highest BCUT2D eigenvalue weighted by Gasteiger charge is 2.10. The van der Waals surface area contributed by atoms with Gasteiger partial charge in [0.1, 0.15) is 5.76 Å². The summed E-state index contributed by atoms with van der Waals surface area (Å²) in [5, 5.41) is 2.80. The molecule has 3 rings (SSSR count). The number of carbonyl (C=O) groups excluding carboxylic acids is 1. The molecular formula is C15H12BrN3O2S2. The molecule has 0 aliphatic heterocycles. The molecule has 0 bridgehead atoms. The van der Waals surface area contributed by atoms with Crippen LogP contribution in [-0.4, -0.2) is 21.0 Å². The second kappa shape index (κ2) is 7.76. The van der Waals surface area contributed by atoms with Crippen LogP contribution in [0.4, 0.5) is 0 Å². The third kappa shape index (κ3) is 4.66. The Morgan fingerprint density at radius 2 is 2.13 bits per heavy atom. The van der Waals surface area contributed by atoms with Gasteiger partial charge in [0.25, 0.3) is 0 Å². The molecule has 5 nitrogen and oxygen atoms in total. The maximum absolute atomic E-state index is 11.8. The van der Waals surface area contributed by atoms with Gasteiger partial charge in [-0.2, -0.15) is 4.37 Å². The number of aromatic nitrogens is 2. The van der Waals surface area contributed by atoms with Gasteiger partial charge in [0.2, 0.25) is 5.91 Å². The number of halogens is 1. The van der Waals surface area contributed by atoms with Crippen LogP contribution < -0.4 is 5.32 Å². The van der Waals surface area contributed by atoms with Crippen LogP contribution >= 0.6 is 39.2 Å². The second-order valence-electron chi connectivity index (χ2n) is 4.54. The molecule has 0 atom stereocenters. The van der Waals surface area contributed by atoms with Crippen molar-refractivity contribution < 1.29 is 9.21 Å². The van der Waals surface area contributed by atoms with Crippen molar-refractivity contribution in [3.8, 4) is 11.4 Å². The van der Waals surface area contributed by atoms with Gasteiger partial charge in [-0.1, -0.05) is 39.8 Å². The standard InChI is InChI=1S/C15H12BrN3O2S2/c16-11-5-3-10(4-6-11)14-18-15(23-19-14)22-9-13(20)17-8-12-2-1-7-21-12/h1-7H,8-9H2,(H,17,20). The zero-order valence-electron chi connectivity index (χ0n) is 11.9. The zero-order valence-corrected chi connectivity index (χ0v) is 15.1. The van der Waals surface area contributed by atoms with Crippen molar-refractivity contribution in [2.75, 3.05) is 5.75 Å². The maximum Gasteiger partial charge on any atom is 0.230 e. The van der Waals surface area contributed by atoms with Gasteiger partial charge in [0.15, 0.2) is 10.2 Å². The minimum Gasteiger partial charge on any atom is -0.467 e. The Balaban J connectivity index is 1.50. The fourth-order valence-electron chi connectivity index (χ4n) is 1.76. The average molecular weight is 410 g/mol. The fourth-order valence-corrected chi connectivity index (χ4v) is 3.47. The van der Waals surface area contributed by atoms with Gasteiger partial charge in [-0.3, -0.25) is 4.79 Å². The predicted octanol–water partition coefficient (Wildman–Crippen LogP) is 3.97. The molecule has 1 amide bonds. The van der Waals surface area contributed by atoms with Crippen molar-refractivity contribution in [3.05, 3.63) is 52.9 Å². The Labute approximate surface area is 149 Å². The molecule has 2 heterocycles. The molecule has 3 aromatic rings. The molecule has 0 aliphatic rings. The highest BCUT2D eigenvalue weighted by Crippen LogP contribution is 2.25. The van der Waals surface area contributed by atoms with E-state index in [-0.39, 0.29) is 5.91 Å². The molecule has 0 spiro atoms. The molecule has 0 unspecified atom stereocenters. The molecular weight excluding hydrogens is 398 g/mol. The van der Waals surface area contributed by atoms with E-state index in [1.54, 1.807) is 12.3 Å². The normalized spacial score (nSPS) is 10.7. The van der Waals surface area contributed by atoms with Crippen LogP contribution in [-0.2, 0) is 11.3 Å². The number of rotatable bonds is 6. The molecule has 0 fully saturated rings. The van der Waals surface area contributed by atoms with E-state index in [1.807, 2.05) is 30.3 Å². The summed E-state index contributed by atoms with van der Waals surface area (Å²) >= 11 is 6.07. The third-order valence-corrected chi connectivity index (χ3v) is 5.24. The van der Waals surface area contributed by atoms with Crippen LogP contribution in [0.25, 0.3) is 11.4 Å². The first-order valence-corrected chi connectivity index (χ1v) is 9.27. The molecule has 1 N–H and O–H groups in total. The van der Waals surface area contributed by atoms with Gasteiger partial charge >= 0.3 is 0 Å². The molecule has 118 valence electrons. The van der Waals surface area contributed by atoms with Gasteiger partial charge in [-0.15, -0.1) is 0 Å². The van der Waals surface area contributed by atoms with Crippen molar-refractivity contribution in [1.29, 1.82) is 0 Å². The topological polar surface area (TPSA) is 68.0 Å². The molecule has 0 saturated carbocycles. The van der Waals surface area contributed by atoms with Crippen molar-refractivity contribution in [2.24, 2.45) is 0 Å². The minimum atomic E-state index is -0.0632. The van der Waals surface area contributed by atoms with E-state index in [2.05, 4.69) is 30.6 Å². The SMILES string of the molecule is O=C(CSc1nc(-c2ccc(Br)cc2)ns1)NCc1ccco1. The van der Waals surface area contributed by atoms with Crippen molar-refractivity contribution in [2.45, 2.75) is 10.9 Å². The molecule has 0 radical (unpaired) electrons. The number of nitrogens with zero attached hydrogens (tertiary/aromatic N) is 2. The summed E-state index contributed by atoms with van der Waals surface area (Å²) in [7, 11) is 0. The van der Waals surface area contributed by atoms with Gasteiger partial charge in [0.05, 0.1) is 18.6 Å². The monoisotopic (exact) mass is 409 g/mol. The summed E-state index contributed by atoms with van der Waals surface area (Å²) < 4.78 is 11.3. The quantitative estimate of drug-likeness (QED) is 0.623. The summed E-state index contributed by atoms with van der Waals surface area (Å²) in [6.45, 7) is 0.395. The molecule has 0 aliphatic carbocycles. The first-order valence-electron chi connectivity index (χ1n) is 6.72. The first kappa shape index (κ1) is 16.2. The highest BCUT2D eigenvalue weighted by atomic mass is 79.9. The van der Waals surface area contributed by atoms with Crippen LogP contribution in [0.5, 0.6) is 0 Å². The number of thioether (sulfide) groups is 1. The lowest BCUT2D eigenvalue weighted by Gasteiger charge is -2.01. The molecule has 2 aromatic heterocycles. The van der Waals surface area contributed by atoms with E-state index in [4.69, 9.17) is 4.42 Å². The van der Waals surface area contributed by atoms with Crippen LogP contribution in [0.15, 0.2) is 55.9 Å². The summed E-state index contributed by atoms with van der Waals surface area (Å²) in [4.78, 5) is 16.3. The highest BCUT2D eigenvalue weighted by molar-refractivity contribution is 9.10. The number of carbonyl (C=O) groups is 1. The number of amides is 1. The molecule has 8 heteroatoms. The Morgan fingerprint density at radius 3 is 2.87 bits per heavy atom. The summed E-state index contributed by atoms with van der Waals surface area (Å²) in [5.41, 5.74) is 0.957. The van der Waals surface area contributed by atoms with Crippen LogP contribution in [0, 0.1) is 0 Å². The van der Waals surface area contributed by atoms with Crippen molar-refractivity contribution >= 4 is 45.1 Å². The zero-order chi connectivity index (χ0) is 16.1. The van der Waals surface area contributed by atoms with E-state index in [0.717, 1.165) is 20.1 Å². The average Bonchev–Trinajstić information content (AvgIpc) is 3.23. The Hall–Kier alpha value is -1.64.